The summed E-state index contributed by atoms with van der Waals surface area (Å²) in [6.45, 7) is 3.55. The largest absolute Gasteiger partial charge is 0.468 e. The number of alkyl halides is 6. The fourth-order valence-electron chi connectivity index (χ4n) is 2.90. The molecule has 2 heterocycles. The van der Waals surface area contributed by atoms with Crippen molar-refractivity contribution in [3.05, 3.63) is 23.9 Å². The van der Waals surface area contributed by atoms with E-state index < -0.39 is 25.0 Å². The molecule has 1 aromatic heterocycles. The van der Waals surface area contributed by atoms with Crippen molar-refractivity contribution < 1.29 is 31.1 Å². The minimum Gasteiger partial charge on any atom is -0.468 e. The second-order valence-electron chi connectivity index (χ2n) is 6.82. The number of pyridine rings is 1. The quantitative estimate of drug-likeness (QED) is 0.418. The van der Waals surface area contributed by atoms with Crippen LogP contribution >= 0.6 is 0 Å². The molecule has 0 spiro atoms. The van der Waals surface area contributed by atoms with Gasteiger partial charge in [-0.3, -0.25) is 4.90 Å². The van der Waals surface area contributed by atoms with Crippen LogP contribution in [-0.4, -0.2) is 78.5 Å². The van der Waals surface area contributed by atoms with E-state index in [1.54, 1.807) is 6.07 Å². The average molecular weight is 441 g/mol. The van der Waals surface area contributed by atoms with E-state index in [0.717, 1.165) is 6.92 Å². The van der Waals surface area contributed by atoms with Crippen LogP contribution < -0.4 is 10.1 Å². The minimum atomic E-state index is -4.46. The van der Waals surface area contributed by atoms with E-state index in [2.05, 4.69) is 20.0 Å². The Kier molecular flexibility index (Phi) is 8.16. The summed E-state index contributed by atoms with van der Waals surface area (Å²) in [5.74, 6) is 0.381. The summed E-state index contributed by atoms with van der Waals surface area (Å²) in [6, 6.07) is 1.48. The van der Waals surface area contributed by atoms with Gasteiger partial charge in [0, 0.05) is 45.0 Å². The Morgan fingerprint density at radius 2 is 1.87 bits per heavy atom. The van der Waals surface area contributed by atoms with Gasteiger partial charge in [-0.15, -0.1) is 0 Å². The van der Waals surface area contributed by atoms with E-state index in [-0.39, 0.29) is 25.5 Å². The number of rotatable bonds is 6. The minimum absolute atomic E-state index is 0.153. The zero-order valence-corrected chi connectivity index (χ0v) is 16.7. The Balaban J connectivity index is 1.98. The van der Waals surface area contributed by atoms with Crippen molar-refractivity contribution in [2.75, 3.05) is 39.3 Å². The lowest BCUT2D eigenvalue weighted by atomic mass is 10.2. The molecule has 6 nitrogen and oxygen atoms in total. The van der Waals surface area contributed by atoms with Gasteiger partial charge in [0.1, 0.15) is 6.04 Å². The summed E-state index contributed by atoms with van der Waals surface area (Å²) >= 11 is 0. The normalized spacial score (nSPS) is 17.7. The van der Waals surface area contributed by atoms with Crippen molar-refractivity contribution in [2.24, 2.45) is 4.99 Å². The maximum atomic E-state index is 12.9. The molecule has 0 amide bonds. The fourth-order valence-corrected chi connectivity index (χ4v) is 2.90. The van der Waals surface area contributed by atoms with Crippen molar-refractivity contribution in [2.45, 2.75) is 38.8 Å². The number of hydrogen-bond acceptors (Lipinski definition) is 4. The summed E-state index contributed by atoms with van der Waals surface area (Å²) < 4.78 is 80.2. The molecule has 0 bridgehead atoms. The molecule has 2 rings (SSSR count). The number of hydrogen-bond donors (Lipinski definition) is 1. The Labute approximate surface area is 170 Å². The highest BCUT2D eigenvalue weighted by Crippen LogP contribution is 2.25. The van der Waals surface area contributed by atoms with Crippen LogP contribution in [0, 0.1) is 0 Å². The number of aliphatic imine (C=N–C) groups is 1. The Bertz CT molecular complexity index is 701. The van der Waals surface area contributed by atoms with E-state index >= 15 is 0 Å². The number of guanidine groups is 1. The summed E-state index contributed by atoms with van der Waals surface area (Å²) in [5, 5.41) is 3.10. The lowest BCUT2D eigenvalue weighted by Crippen LogP contribution is -2.56. The molecule has 30 heavy (non-hydrogen) atoms. The molecule has 1 N–H and O–H groups in total. The van der Waals surface area contributed by atoms with Crippen LogP contribution in [0.1, 0.15) is 19.4 Å². The van der Waals surface area contributed by atoms with E-state index in [4.69, 9.17) is 0 Å². The highest BCUT2D eigenvalue weighted by molar-refractivity contribution is 5.80. The molecule has 0 radical (unpaired) electrons. The first-order valence-corrected chi connectivity index (χ1v) is 9.48. The van der Waals surface area contributed by atoms with Gasteiger partial charge in [-0.05, 0) is 25.5 Å². The van der Waals surface area contributed by atoms with E-state index in [1.807, 2.05) is 11.8 Å². The van der Waals surface area contributed by atoms with Gasteiger partial charge in [0.05, 0.1) is 6.54 Å². The lowest BCUT2D eigenvalue weighted by Gasteiger charge is -2.39. The van der Waals surface area contributed by atoms with Gasteiger partial charge in [0.2, 0.25) is 5.88 Å². The number of nitrogens with one attached hydrogen (secondary N) is 1. The first kappa shape index (κ1) is 24.0. The van der Waals surface area contributed by atoms with E-state index in [1.165, 1.54) is 17.2 Å². The maximum Gasteiger partial charge on any atom is 0.422 e. The van der Waals surface area contributed by atoms with Gasteiger partial charge in [-0.1, -0.05) is 0 Å². The SMILES string of the molecule is CCNC(=NCc1ccnc(OCC(F)(F)F)c1)N1CCN(C(C)C(F)(F)F)CC1. The molecular formula is C18H25F6N5O. The van der Waals surface area contributed by atoms with E-state index in [9.17, 15) is 26.3 Å². The van der Waals surface area contributed by atoms with Crippen molar-refractivity contribution in [3.8, 4) is 5.88 Å². The molecule has 0 aromatic carbocycles. The summed E-state index contributed by atoms with van der Waals surface area (Å²) in [7, 11) is 0. The van der Waals surface area contributed by atoms with Crippen molar-refractivity contribution in [1.82, 2.24) is 20.1 Å². The zero-order valence-electron chi connectivity index (χ0n) is 16.7. The van der Waals surface area contributed by atoms with Gasteiger partial charge in [0.25, 0.3) is 0 Å². The van der Waals surface area contributed by atoms with Crippen LogP contribution in [0.5, 0.6) is 5.88 Å². The molecule has 0 aliphatic carbocycles. The smallest absolute Gasteiger partial charge is 0.422 e. The van der Waals surface area contributed by atoms with Crippen molar-refractivity contribution >= 4 is 5.96 Å². The number of halogens is 6. The Morgan fingerprint density at radius 1 is 1.20 bits per heavy atom. The molecule has 1 saturated heterocycles. The van der Waals surface area contributed by atoms with Crippen LogP contribution in [0.3, 0.4) is 0 Å². The first-order chi connectivity index (χ1) is 14.0. The van der Waals surface area contributed by atoms with Gasteiger partial charge in [-0.25, -0.2) is 9.98 Å². The van der Waals surface area contributed by atoms with Crippen LogP contribution in [0.4, 0.5) is 26.3 Å². The van der Waals surface area contributed by atoms with Gasteiger partial charge >= 0.3 is 12.4 Å². The van der Waals surface area contributed by atoms with Crippen LogP contribution in [0.25, 0.3) is 0 Å². The third-order valence-electron chi connectivity index (χ3n) is 4.56. The second kappa shape index (κ2) is 10.2. The van der Waals surface area contributed by atoms with Crippen LogP contribution in [-0.2, 0) is 6.54 Å². The van der Waals surface area contributed by atoms with Gasteiger partial charge in [0.15, 0.2) is 12.6 Å². The number of aromatic nitrogens is 1. The summed E-state index contributed by atoms with van der Waals surface area (Å²) in [4.78, 5) is 11.5. The number of piperazine rings is 1. The summed E-state index contributed by atoms with van der Waals surface area (Å²) in [6.07, 6.45) is -7.39. The Hall–Kier alpha value is -2.24. The second-order valence-corrected chi connectivity index (χ2v) is 6.82. The molecule has 1 aliphatic heterocycles. The molecule has 1 fully saturated rings. The molecular weight excluding hydrogens is 416 g/mol. The third-order valence-corrected chi connectivity index (χ3v) is 4.56. The molecule has 1 unspecified atom stereocenters. The molecule has 1 atom stereocenters. The standard InChI is InChI=1S/C18H25F6N5O/c1-3-25-16(29-8-6-28(7-9-29)13(2)18(22,23)24)27-11-14-4-5-26-15(10-14)30-12-17(19,20)21/h4-5,10,13H,3,6-9,11-12H2,1-2H3,(H,25,27). The third kappa shape index (κ3) is 7.54. The highest BCUT2D eigenvalue weighted by atomic mass is 19.4. The van der Waals surface area contributed by atoms with Gasteiger partial charge < -0.3 is 15.0 Å². The molecule has 12 heteroatoms. The number of nitrogens with zero attached hydrogens (tertiary/aromatic N) is 4. The Morgan fingerprint density at radius 3 is 2.43 bits per heavy atom. The predicted molar refractivity (Wildman–Crippen MR) is 99.3 cm³/mol. The maximum absolute atomic E-state index is 12.9. The molecule has 1 aromatic rings. The lowest BCUT2D eigenvalue weighted by molar-refractivity contribution is -0.181. The molecule has 0 saturated carbocycles. The zero-order chi connectivity index (χ0) is 22.4. The molecule has 1 aliphatic rings. The number of ether oxygens (including phenoxy) is 1. The highest BCUT2D eigenvalue weighted by Gasteiger charge is 2.41. The first-order valence-electron chi connectivity index (χ1n) is 9.48. The monoisotopic (exact) mass is 441 g/mol. The molecule has 170 valence electrons. The summed E-state index contributed by atoms with van der Waals surface area (Å²) in [5.41, 5.74) is 0.599. The van der Waals surface area contributed by atoms with Crippen LogP contribution in [0.2, 0.25) is 0 Å². The van der Waals surface area contributed by atoms with Crippen LogP contribution in [0.15, 0.2) is 23.3 Å². The van der Waals surface area contributed by atoms with Gasteiger partial charge in [-0.2, -0.15) is 26.3 Å². The van der Waals surface area contributed by atoms with E-state index in [0.29, 0.717) is 31.2 Å². The predicted octanol–water partition coefficient (Wildman–Crippen LogP) is 3.06. The fraction of sp³-hybridized carbons (Fsp3) is 0.667. The topological polar surface area (TPSA) is 53.0 Å². The average Bonchev–Trinajstić information content (AvgIpc) is 2.68. The van der Waals surface area contributed by atoms with Crippen molar-refractivity contribution in [1.29, 1.82) is 0 Å². The van der Waals surface area contributed by atoms with Crippen molar-refractivity contribution in [3.63, 3.8) is 0 Å².